The normalized spacial score (nSPS) is 16.6. The molecule has 1 N–H and O–H groups in total. The van der Waals surface area contributed by atoms with E-state index in [1.165, 1.54) is 0 Å². The SMILES string of the molecule is Cc1ccc(C(=O)c2ccccc2C(=O)N2CCO[C@@H](CC(=O)O)C2)cc1C. The van der Waals surface area contributed by atoms with Crippen LogP contribution in [0.3, 0.4) is 0 Å². The van der Waals surface area contributed by atoms with E-state index in [1.54, 1.807) is 35.2 Å². The summed E-state index contributed by atoms with van der Waals surface area (Å²) in [5, 5.41) is 8.96. The summed E-state index contributed by atoms with van der Waals surface area (Å²) in [6.07, 6.45) is -0.703. The highest BCUT2D eigenvalue weighted by Crippen LogP contribution is 2.20. The van der Waals surface area contributed by atoms with E-state index in [0.29, 0.717) is 23.2 Å². The molecule has 1 aliphatic rings. The van der Waals surface area contributed by atoms with Crippen LogP contribution in [0.4, 0.5) is 0 Å². The van der Waals surface area contributed by atoms with Crippen molar-refractivity contribution >= 4 is 17.7 Å². The van der Waals surface area contributed by atoms with Crippen LogP contribution in [-0.2, 0) is 9.53 Å². The Morgan fingerprint density at radius 1 is 1.07 bits per heavy atom. The first-order chi connectivity index (χ1) is 13.4. The average Bonchev–Trinajstić information content (AvgIpc) is 2.68. The fraction of sp³-hybridized carbons (Fsp3) is 0.318. The summed E-state index contributed by atoms with van der Waals surface area (Å²) in [7, 11) is 0. The Kier molecular flexibility index (Phi) is 5.90. The molecule has 0 saturated carbocycles. The summed E-state index contributed by atoms with van der Waals surface area (Å²) in [5.74, 6) is -1.46. The maximum atomic E-state index is 13.1. The number of rotatable bonds is 5. The monoisotopic (exact) mass is 381 g/mol. The van der Waals surface area contributed by atoms with Crippen molar-refractivity contribution in [3.8, 4) is 0 Å². The molecular weight excluding hydrogens is 358 g/mol. The quantitative estimate of drug-likeness (QED) is 0.805. The molecule has 1 aliphatic heterocycles. The number of aliphatic carboxylic acids is 1. The molecule has 6 heteroatoms. The number of carbonyl (C=O) groups is 3. The number of morpholine rings is 1. The van der Waals surface area contributed by atoms with Gasteiger partial charge in [0.2, 0.25) is 0 Å². The molecule has 1 saturated heterocycles. The predicted molar refractivity (Wildman–Crippen MR) is 104 cm³/mol. The number of aryl methyl sites for hydroxylation is 2. The van der Waals surface area contributed by atoms with Gasteiger partial charge in [0.05, 0.1) is 24.7 Å². The fourth-order valence-electron chi connectivity index (χ4n) is 3.30. The molecule has 2 aromatic carbocycles. The van der Waals surface area contributed by atoms with E-state index in [1.807, 2.05) is 26.0 Å². The zero-order valence-corrected chi connectivity index (χ0v) is 16.0. The second-order valence-corrected chi connectivity index (χ2v) is 7.02. The van der Waals surface area contributed by atoms with Gasteiger partial charge in [-0.25, -0.2) is 0 Å². The van der Waals surface area contributed by atoms with Crippen LogP contribution in [0.25, 0.3) is 0 Å². The standard InChI is InChI=1S/C22H23NO5/c1-14-7-8-16(11-15(14)2)21(26)18-5-3-4-6-19(18)22(27)23-9-10-28-17(13-23)12-20(24)25/h3-8,11,17H,9-10,12-13H2,1-2H3,(H,24,25)/t17-/m0/s1. The molecule has 0 aromatic heterocycles. The van der Waals surface area contributed by atoms with Crippen molar-refractivity contribution in [2.24, 2.45) is 0 Å². The van der Waals surface area contributed by atoms with Crippen molar-refractivity contribution < 1.29 is 24.2 Å². The zero-order valence-electron chi connectivity index (χ0n) is 16.0. The maximum absolute atomic E-state index is 13.1. The number of ether oxygens (including phenoxy) is 1. The zero-order chi connectivity index (χ0) is 20.3. The first kappa shape index (κ1) is 19.8. The van der Waals surface area contributed by atoms with Gasteiger partial charge in [-0.05, 0) is 37.1 Å². The Bertz CT molecular complexity index is 921. The molecular formula is C22H23NO5. The largest absolute Gasteiger partial charge is 0.481 e. The van der Waals surface area contributed by atoms with E-state index in [-0.39, 0.29) is 31.3 Å². The van der Waals surface area contributed by atoms with Crippen molar-refractivity contribution in [2.75, 3.05) is 19.7 Å². The lowest BCUT2D eigenvalue weighted by Crippen LogP contribution is -2.46. The minimum atomic E-state index is -0.968. The van der Waals surface area contributed by atoms with Crippen molar-refractivity contribution in [1.82, 2.24) is 4.90 Å². The van der Waals surface area contributed by atoms with Gasteiger partial charge in [-0.1, -0.05) is 30.3 Å². The lowest BCUT2D eigenvalue weighted by molar-refractivity contribution is -0.141. The highest BCUT2D eigenvalue weighted by Gasteiger charge is 2.28. The third-order valence-corrected chi connectivity index (χ3v) is 5.00. The Labute approximate surface area is 163 Å². The van der Waals surface area contributed by atoms with Crippen LogP contribution >= 0.6 is 0 Å². The molecule has 0 bridgehead atoms. The van der Waals surface area contributed by atoms with Gasteiger partial charge >= 0.3 is 5.97 Å². The fourth-order valence-corrected chi connectivity index (χ4v) is 3.30. The van der Waals surface area contributed by atoms with Gasteiger partial charge in [0.15, 0.2) is 5.78 Å². The summed E-state index contributed by atoms with van der Waals surface area (Å²) in [5.41, 5.74) is 3.31. The number of hydrogen-bond donors (Lipinski definition) is 1. The molecule has 0 radical (unpaired) electrons. The molecule has 3 rings (SSSR count). The second-order valence-electron chi connectivity index (χ2n) is 7.02. The van der Waals surface area contributed by atoms with Crippen LogP contribution in [0.2, 0.25) is 0 Å². The van der Waals surface area contributed by atoms with Crippen molar-refractivity contribution in [2.45, 2.75) is 26.4 Å². The van der Waals surface area contributed by atoms with Gasteiger partial charge in [-0.15, -0.1) is 0 Å². The molecule has 0 unspecified atom stereocenters. The van der Waals surface area contributed by atoms with Gasteiger partial charge in [-0.3, -0.25) is 14.4 Å². The van der Waals surface area contributed by atoms with Gasteiger partial charge < -0.3 is 14.7 Å². The van der Waals surface area contributed by atoms with Crippen LogP contribution in [0.1, 0.15) is 43.8 Å². The molecule has 1 amide bonds. The topological polar surface area (TPSA) is 83.9 Å². The maximum Gasteiger partial charge on any atom is 0.306 e. The number of hydrogen-bond acceptors (Lipinski definition) is 4. The summed E-state index contributed by atoms with van der Waals surface area (Å²) >= 11 is 0. The van der Waals surface area contributed by atoms with Crippen LogP contribution < -0.4 is 0 Å². The van der Waals surface area contributed by atoms with E-state index in [2.05, 4.69) is 0 Å². The van der Waals surface area contributed by atoms with E-state index in [4.69, 9.17) is 9.84 Å². The Hall–Kier alpha value is -2.99. The highest BCUT2D eigenvalue weighted by molar-refractivity contribution is 6.15. The molecule has 1 fully saturated rings. The molecule has 1 heterocycles. The molecule has 146 valence electrons. The lowest BCUT2D eigenvalue weighted by Gasteiger charge is -2.32. The van der Waals surface area contributed by atoms with Gasteiger partial charge in [-0.2, -0.15) is 0 Å². The molecule has 1 atom stereocenters. The minimum Gasteiger partial charge on any atom is -0.481 e. The number of carboxylic acid groups (broad SMARTS) is 1. The summed E-state index contributed by atoms with van der Waals surface area (Å²) in [6, 6.07) is 12.2. The minimum absolute atomic E-state index is 0.160. The number of ketones is 1. The molecule has 0 aliphatic carbocycles. The number of nitrogens with zero attached hydrogens (tertiary/aromatic N) is 1. The summed E-state index contributed by atoms with van der Waals surface area (Å²) in [6.45, 7) is 4.75. The Balaban J connectivity index is 1.87. The van der Waals surface area contributed by atoms with E-state index < -0.39 is 12.1 Å². The van der Waals surface area contributed by atoms with E-state index in [9.17, 15) is 14.4 Å². The third kappa shape index (κ3) is 4.28. The Morgan fingerprint density at radius 3 is 2.46 bits per heavy atom. The van der Waals surface area contributed by atoms with Crippen LogP contribution in [0, 0.1) is 13.8 Å². The smallest absolute Gasteiger partial charge is 0.306 e. The van der Waals surface area contributed by atoms with Crippen LogP contribution in [0.15, 0.2) is 42.5 Å². The Morgan fingerprint density at radius 2 is 1.79 bits per heavy atom. The van der Waals surface area contributed by atoms with Crippen LogP contribution in [0.5, 0.6) is 0 Å². The molecule has 2 aromatic rings. The van der Waals surface area contributed by atoms with Gasteiger partial charge in [0.1, 0.15) is 0 Å². The number of amides is 1. The highest BCUT2D eigenvalue weighted by atomic mass is 16.5. The number of carboxylic acids is 1. The predicted octanol–water partition coefficient (Wildman–Crippen LogP) is 2.85. The molecule has 0 spiro atoms. The first-order valence-corrected chi connectivity index (χ1v) is 9.20. The number of benzene rings is 2. The van der Waals surface area contributed by atoms with Crippen LogP contribution in [-0.4, -0.2) is 53.5 Å². The lowest BCUT2D eigenvalue weighted by atomic mass is 9.95. The second kappa shape index (κ2) is 8.35. The van der Waals surface area contributed by atoms with E-state index >= 15 is 0 Å². The van der Waals surface area contributed by atoms with Crippen molar-refractivity contribution in [1.29, 1.82) is 0 Å². The molecule has 28 heavy (non-hydrogen) atoms. The van der Waals surface area contributed by atoms with E-state index in [0.717, 1.165) is 11.1 Å². The number of carbonyl (C=O) groups excluding carboxylic acids is 2. The summed E-state index contributed by atoms with van der Waals surface area (Å²) < 4.78 is 5.43. The molecule has 6 nitrogen and oxygen atoms in total. The van der Waals surface area contributed by atoms with Crippen molar-refractivity contribution in [3.05, 3.63) is 70.3 Å². The van der Waals surface area contributed by atoms with Crippen molar-refractivity contribution in [3.63, 3.8) is 0 Å². The third-order valence-electron chi connectivity index (χ3n) is 5.00. The van der Waals surface area contributed by atoms with Gasteiger partial charge in [0, 0.05) is 24.2 Å². The average molecular weight is 381 g/mol. The first-order valence-electron chi connectivity index (χ1n) is 9.20. The van der Waals surface area contributed by atoms with Gasteiger partial charge in [0.25, 0.3) is 5.91 Å². The summed E-state index contributed by atoms with van der Waals surface area (Å²) in [4.78, 5) is 38.6.